The lowest BCUT2D eigenvalue weighted by Crippen LogP contribution is -2.82. The molecule has 0 aliphatic rings. The van der Waals surface area contributed by atoms with Crippen LogP contribution in [0.5, 0.6) is 5.75 Å². The van der Waals surface area contributed by atoms with Crippen LogP contribution in [0.4, 0.5) is 0 Å². The molecule has 0 bridgehead atoms. The van der Waals surface area contributed by atoms with E-state index in [9.17, 15) is 0 Å². The number of rotatable bonds is 5. The van der Waals surface area contributed by atoms with Gasteiger partial charge in [0.05, 0.1) is 0 Å². The second-order valence-corrected chi connectivity index (χ2v) is 5.14. The fourth-order valence-corrected chi connectivity index (χ4v) is 1.78. The van der Waals surface area contributed by atoms with Crippen LogP contribution >= 0.6 is 23.8 Å². The molecule has 0 amide bonds. The number of hydrazone groups is 1. The van der Waals surface area contributed by atoms with Gasteiger partial charge < -0.3 is 10.5 Å². The van der Waals surface area contributed by atoms with Crippen molar-refractivity contribution in [3.8, 4) is 5.75 Å². The van der Waals surface area contributed by atoms with E-state index in [1.165, 1.54) is 0 Å². The summed E-state index contributed by atoms with van der Waals surface area (Å²) in [5.74, 6) is 0.796. The highest BCUT2D eigenvalue weighted by Gasteiger charge is 1.98. The molecule has 2 aromatic rings. The second kappa shape index (κ2) is 7.61. The number of halogens is 1. The summed E-state index contributed by atoms with van der Waals surface area (Å²) in [6.07, 6.45) is 1.75. The first kappa shape index (κ1) is 15.3. The maximum absolute atomic E-state index is 5.84. The summed E-state index contributed by atoms with van der Waals surface area (Å²) in [5, 5.41) is 3.70. The van der Waals surface area contributed by atoms with Crippen LogP contribution in [0.15, 0.2) is 48.5 Å². The molecular formula is C15H15ClN3OS+. The van der Waals surface area contributed by atoms with Gasteiger partial charge in [0.15, 0.2) is 6.21 Å². The predicted octanol–water partition coefficient (Wildman–Crippen LogP) is 1.17. The Hall–Kier alpha value is -2.11. The first-order valence-electron chi connectivity index (χ1n) is 6.25. The van der Waals surface area contributed by atoms with E-state index in [-0.39, 0.29) is 5.11 Å². The molecule has 0 radical (unpaired) electrons. The molecule has 2 aromatic carbocycles. The molecule has 2 rings (SSSR count). The van der Waals surface area contributed by atoms with Gasteiger partial charge in [-0.1, -0.05) is 23.7 Å². The molecule has 0 atom stereocenters. The summed E-state index contributed by atoms with van der Waals surface area (Å²) >= 11 is 10.5. The average molecular weight is 321 g/mol. The van der Waals surface area contributed by atoms with Gasteiger partial charge in [-0.2, -0.15) is 0 Å². The molecular weight excluding hydrogens is 306 g/mol. The number of ether oxygens (including phenoxy) is 1. The third-order valence-corrected chi connectivity index (χ3v) is 2.99. The zero-order valence-electron chi connectivity index (χ0n) is 11.2. The zero-order chi connectivity index (χ0) is 15.1. The number of benzene rings is 2. The summed E-state index contributed by atoms with van der Waals surface area (Å²) in [4.78, 5) is 0. The number of nitrogens with two attached hydrogens (primary N) is 1. The largest absolute Gasteiger partial charge is 0.489 e. The number of hydrazine groups is 1. The summed E-state index contributed by atoms with van der Waals surface area (Å²) in [5.41, 5.74) is 9.95. The number of hydrogen-bond donors (Lipinski definition) is 3. The maximum atomic E-state index is 5.84. The average Bonchev–Trinajstić information content (AvgIpc) is 2.48. The maximum Gasteiger partial charge on any atom is 0.221 e. The molecule has 0 aliphatic heterocycles. The van der Waals surface area contributed by atoms with Gasteiger partial charge in [-0.15, -0.1) is 10.5 Å². The van der Waals surface area contributed by atoms with Crippen molar-refractivity contribution in [3.05, 3.63) is 64.7 Å². The molecule has 0 spiro atoms. The van der Waals surface area contributed by atoms with E-state index in [0.717, 1.165) is 21.9 Å². The molecule has 4 nitrogen and oxygen atoms in total. The highest BCUT2D eigenvalue weighted by molar-refractivity contribution is 7.80. The topological polar surface area (TPSA) is 61.2 Å². The monoisotopic (exact) mass is 320 g/mol. The Bertz CT molecular complexity index is 626. The minimum Gasteiger partial charge on any atom is -0.489 e. The van der Waals surface area contributed by atoms with Gasteiger partial charge in [-0.25, -0.2) is 0 Å². The van der Waals surface area contributed by atoms with Crippen molar-refractivity contribution in [1.82, 2.24) is 5.43 Å². The van der Waals surface area contributed by atoms with E-state index < -0.39 is 0 Å². The molecule has 0 fully saturated rings. The van der Waals surface area contributed by atoms with E-state index in [1.807, 2.05) is 48.5 Å². The summed E-state index contributed by atoms with van der Waals surface area (Å²) < 4.78 is 5.70. The van der Waals surface area contributed by atoms with Crippen LogP contribution in [0.25, 0.3) is 0 Å². The Morgan fingerprint density at radius 2 is 1.86 bits per heavy atom. The van der Waals surface area contributed by atoms with Gasteiger partial charge in [0, 0.05) is 10.6 Å². The van der Waals surface area contributed by atoms with E-state index >= 15 is 0 Å². The summed E-state index contributed by atoms with van der Waals surface area (Å²) in [6.45, 7) is 0.501. The van der Waals surface area contributed by atoms with Gasteiger partial charge in [0.1, 0.15) is 12.4 Å². The molecule has 108 valence electrons. The van der Waals surface area contributed by atoms with Crippen LogP contribution in [0.2, 0.25) is 5.02 Å². The second-order valence-electron chi connectivity index (χ2n) is 4.26. The van der Waals surface area contributed by atoms with Crippen LogP contribution in [0, 0.1) is 0 Å². The SMILES string of the molecule is NC(=S)N[NH+]=Cc1ccc(OCc2ccc(Cl)cc2)cc1. The van der Waals surface area contributed by atoms with Gasteiger partial charge in [0.25, 0.3) is 0 Å². The zero-order valence-corrected chi connectivity index (χ0v) is 12.7. The molecule has 21 heavy (non-hydrogen) atoms. The van der Waals surface area contributed by atoms with Crippen molar-refractivity contribution in [2.45, 2.75) is 6.61 Å². The Balaban J connectivity index is 1.88. The van der Waals surface area contributed by atoms with Gasteiger partial charge >= 0.3 is 0 Å². The van der Waals surface area contributed by atoms with Crippen molar-refractivity contribution in [3.63, 3.8) is 0 Å². The molecule has 4 N–H and O–H groups in total. The van der Waals surface area contributed by atoms with Crippen LogP contribution in [-0.2, 0) is 6.61 Å². The predicted molar refractivity (Wildman–Crippen MR) is 88.3 cm³/mol. The van der Waals surface area contributed by atoms with Crippen molar-refractivity contribution in [1.29, 1.82) is 0 Å². The molecule has 6 heteroatoms. The molecule has 0 saturated carbocycles. The Morgan fingerprint density at radius 1 is 1.19 bits per heavy atom. The van der Waals surface area contributed by atoms with Crippen LogP contribution < -0.4 is 21.0 Å². The molecule has 0 aliphatic carbocycles. The molecule has 0 saturated heterocycles. The molecule has 0 heterocycles. The van der Waals surface area contributed by atoms with Gasteiger partial charge in [0.2, 0.25) is 5.11 Å². The third kappa shape index (κ3) is 5.41. The van der Waals surface area contributed by atoms with E-state index in [2.05, 4.69) is 22.7 Å². The van der Waals surface area contributed by atoms with E-state index in [1.54, 1.807) is 6.21 Å². The molecule has 0 unspecified atom stereocenters. The van der Waals surface area contributed by atoms with E-state index in [0.29, 0.717) is 6.61 Å². The van der Waals surface area contributed by atoms with Gasteiger partial charge in [-0.3, -0.25) is 0 Å². The number of nitrogens with one attached hydrogen (secondary N) is 2. The first-order chi connectivity index (χ1) is 10.1. The standard InChI is InChI=1S/C15H14ClN3OS/c16-13-5-1-12(2-6-13)10-20-14-7-3-11(4-8-14)9-18-19-15(17)21/h1-9H,10H2,(H3,17,19,21)/p+1. The lowest BCUT2D eigenvalue weighted by atomic mass is 10.2. The lowest BCUT2D eigenvalue weighted by molar-refractivity contribution is -0.499. The number of hydrogen-bond acceptors (Lipinski definition) is 2. The normalized spacial score (nSPS) is 10.5. The van der Waals surface area contributed by atoms with Crippen LogP contribution in [0.1, 0.15) is 11.1 Å². The minimum atomic E-state index is 0.189. The van der Waals surface area contributed by atoms with Gasteiger partial charge in [-0.05, 0) is 54.2 Å². The smallest absolute Gasteiger partial charge is 0.221 e. The fourth-order valence-electron chi connectivity index (χ4n) is 1.60. The fraction of sp³-hybridized carbons (Fsp3) is 0.0667. The summed E-state index contributed by atoms with van der Waals surface area (Å²) in [6, 6.07) is 15.2. The van der Waals surface area contributed by atoms with Crippen molar-refractivity contribution in [2.24, 2.45) is 5.73 Å². The van der Waals surface area contributed by atoms with Crippen LogP contribution in [-0.4, -0.2) is 11.3 Å². The quantitative estimate of drug-likeness (QED) is 0.440. The first-order valence-corrected chi connectivity index (χ1v) is 7.03. The highest BCUT2D eigenvalue weighted by Crippen LogP contribution is 2.14. The Kier molecular flexibility index (Phi) is 5.54. The molecule has 0 aromatic heterocycles. The van der Waals surface area contributed by atoms with Crippen molar-refractivity contribution >= 4 is 35.1 Å². The Labute approximate surface area is 133 Å². The van der Waals surface area contributed by atoms with Crippen LogP contribution in [0.3, 0.4) is 0 Å². The van der Waals surface area contributed by atoms with Crippen molar-refractivity contribution < 1.29 is 9.84 Å². The Morgan fingerprint density at radius 3 is 2.48 bits per heavy atom. The summed E-state index contributed by atoms with van der Waals surface area (Å²) in [7, 11) is 0. The highest BCUT2D eigenvalue weighted by atomic mass is 35.5. The third-order valence-electron chi connectivity index (χ3n) is 2.63. The minimum absolute atomic E-state index is 0.189. The van der Waals surface area contributed by atoms with E-state index in [4.69, 9.17) is 22.1 Å². The number of thiocarbonyl (C=S) groups is 1. The van der Waals surface area contributed by atoms with Crippen molar-refractivity contribution in [2.75, 3.05) is 0 Å². The lowest BCUT2D eigenvalue weighted by Gasteiger charge is -2.06.